The minimum absolute atomic E-state index is 0.0378. The largest absolute Gasteiger partial charge is 0.481 e. The maximum absolute atomic E-state index is 11.3. The van der Waals surface area contributed by atoms with Gasteiger partial charge in [0.2, 0.25) is 0 Å². The summed E-state index contributed by atoms with van der Waals surface area (Å²) in [6.45, 7) is 0.385. The van der Waals surface area contributed by atoms with E-state index < -0.39 is 5.97 Å². The van der Waals surface area contributed by atoms with Crippen molar-refractivity contribution in [2.75, 3.05) is 0 Å². The highest BCUT2D eigenvalue weighted by Gasteiger charge is 2.19. The highest BCUT2D eigenvalue weighted by atomic mass is 35.5. The minimum atomic E-state index is -0.872. The lowest BCUT2D eigenvalue weighted by Crippen LogP contribution is -2.23. The summed E-state index contributed by atoms with van der Waals surface area (Å²) in [4.78, 5) is 14.5. The van der Waals surface area contributed by atoms with Gasteiger partial charge in [-0.15, -0.1) is 0 Å². The Balaban J connectivity index is 1.89. The monoisotopic (exact) mass is 362 g/mol. The van der Waals surface area contributed by atoms with E-state index in [0.29, 0.717) is 16.6 Å². The third kappa shape index (κ3) is 3.56. The van der Waals surface area contributed by atoms with Crippen molar-refractivity contribution in [3.8, 4) is 0 Å². The van der Waals surface area contributed by atoms with E-state index >= 15 is 0 Å². The van der Waals surface area contributed by atoms with E-state index in [1.165, 1.54) is 0 Å². The summed E-state index contributed by atoms with van der Waals surface area (Å²) in [6.07, 6.45) is 1.81. The molecule has 1 heterocycles. The van der Waals surface area contributed by atoms with E-state index in [2.05, 4.69) is 10.3 Å². The van der Waals surface area contributed by atoms with E-state index in [1.54, 1.807) is 18.2 Å². The number of para-hydroxylation sites is 1. The van der Waals surface area contributed by atoms with Gasteiger partial charge in [0.05, 0.1) is 6.42 Å². The normalized spacial score (nSPS) is 12.4. The topological polar surface area (TPSA) is 65.1 Å². The number of H-pyrrole nitrogens is 1. The fourth-order valence-electron chi connectivity index (χ4n) is 2.78. The van der Waals surface area contributed by atoms with Gasteiger partial charge >= 0.3 is 5.97 Å². The van der Waals surface area contributed by atoms with E-state index in [0.717, 1.165) is 22.0 Å². The summed E-state index contributed by atoms with van der Waals surface area (Å²) in [5.74, 6) is -0.872. The Kier molecular flexibility index (Phi) is 5.09. The molecule has 0 bridgehead atoms. The Morgan fingerprint density at radius 2 is 1.83 bits per heavy atom. The molecule has 2 aromatic carbocycles. The minimum Gasteiger partial charge on any atom is -0.481 e. The quantitative estimate of drug-likeness (QED) is 0.591. The molecule has 0 aliphatic heterocycles. The van der Waals surface area contributed by atoms with Crippen LogP contribution in [0.15, 0.2) is 48.7 Å². The molecule has 0 radical (unpaired) electrons. The highest BCUT2D eigenvalue weighted by Crippen LogP contribution is 2.29. The van der Waals surface area contributed by atoms with Crippen molar-refractivity contribution in [3.63, 3.8) is 0 Å². The van der Waals surface area contributed by atoms with Crippen LogP contribution in [0.2, 0.25) is 10.0 Å². The predicted octanol–water partition coefficient (Wildman–Crippen LogP) is 4.78. The first-order valence-corrected chi connectivity index (χ1v) is 8.26. The molecule has 1 atom stereocenters. The van der Waals surface area contributed by atoms with Gasteiger partial charge in [-0.1, -0.05) is 47.5 Å². The molecule has 0 aliphatic rings. The Morgan fingerprint density at radius 3 is 2.54 bits per heavy atom. The molecule has 3 aromatic rings. The van der Waals surface area contributed by atoms with Crippen molar-refractivity contribution in [1.29, 1.82) is 0 Å². The zero-order chi connectivity index (χ0) is 17.1. The molecule has 0 aliphatic carbocycles. The number of carboxylic acid groups (broad SMARTS) is 1. The van der Waals surface area contributed by atoms with Gasteiger partial charge in [-0.2, -0.15) is 0 Å². The van der Waals surface area contributed by atoms with Crippen molar-refractivity contribution in [2.24, 2.45) is 0 Å². The second-order valence-corrected chi connectivity index (χ2v) is 6.34. The first-order chi connectivity index (χ1) is 11.6. The second kappa shape index (κ2) is 7.26. The molecular formula is C18H16Cl2N2O2. The molecule has 1 unspecified atom stereocenters. The lowest BCUT2D eigenvalue weighted by molar-refractivity contribution is -0.137. The Labute approximate surface area is 149 Å². The Bertz CT molecular complexity index is 856. The summed E-state index contributed by atoms with van der Waals surface area (Å²) in [5.41, 5.74) is 2.65. The van der Waals surface area contributed by atoms with Gasteiger partial charge in [0.1, 0.15) is 0 Å². The van der Waals surface area contributed by atoms with Crippen LogP contribution in [0.4, 0.5) is 0 Å². The Hall–Kier alpha value is -2.01. The van der Waals surface area contributed by atoms with Gasteiger partial charge in [-0.3, -0.25) is 4.79 Å². The lowest BCUT2D eigenvalue weighted by Gasteiger charge is -2.18. The third-order valence-electron chi connectivity index (χ3n) is 3.96. The molecule has 1 aromatic heterocycles. The highest BCUT2D eigenvalue weighted by molar-refractivity contribution is 6.35. The zero-order valence-corrected chi connectivity index (χ0v) is 14.2. The second-order valence-electron chi connectivity index (χ2n) is 5.52. The molecule has 6 heteroatoms. The van der Waals surface area contributed by atoms with E-state index in [-0.39, 0.29) is 12.5 Å². The molecule has 3 N–H and O–H groups in total. The number of carboxylic acids is 1. The third-order valence-corrected chi connectivity index (χ3v) is 4.67. The molecule has 0 fully saturated rings. The number of hydrogen-bond donors (Lipinski definition) is 3. The van der Waals surface area contributed by atoms with Crippen molar-refractivity contribution in [2.45, 2.75) is 19.0 Å². The van der Waals surface area contributed by atoms with Crippen LogP contribution in [0.3, 0.4) is 0 Å². The van der Waals surface area contributed by atoms with Crippen LogP contribution in [0.25, 0.3) is 10.9 Å². The van der Waals surface area contributed by atoms with Gasteiger partial charge < -0.3 is 15.4 Å². The van der Waals surface area contributed by atoms with Crippen molar-refractivity contribution >= 4 is 40.1 Å². The number of nitrogens with one attached hydrogen (secondary N) is 2. The molecule has 3 rings (SSSR count). The van der Waals surface area contributed by atoms with Crippen LogP contribution in [0.1, 0.15) is 23.6 Å². The molecule has 0 saturated carbocycles. The zero-order valence-electron chi connectivity index (χ0n) is 12.7. The molecule has 0 amide bonds. The number of aromatic amines is 1. The summed E-state index contributed by atoms with van der Waals surface area (Å²) in [7, 11) is 0. The summed E-state index contributed by atoms with van der Waals surface area (Å²) in [6, 6.07) is 12.8. The van der Waals surface area contributed by atoms with E-state index in [1.807, 2.05) is 30.5 Å². The number of aromatic nitrogens is 1. The standard InChI is InChI=1S/C18H16Cl2N2O2/c19-14-5-3-6-15(20)13(14)10-22-17(8-18(23)24)12-9-21-16-7-2-1-4-11(12)16/h1-7,9,17,21-22H,8,10H2,(H,23,24). The van der Waals surface area contributed by atoms with Crippen LogP contribution >= 0.6 is 23.2 Å². The maximum atomic E-state index is 11.3. The number of fused-ring (bicyclic) bond motifs is 1. The molecular weight excluding hydrogens is 347 g/mol. The summed E-state index contributed by atoms with van der Waals surface area (Å²) >= 11 is 12.4. The van der Waals surface area contributed by atoms with Crippen LogP contribution in [-0.4, -0.2) is 16.1 Å². The summed E-state index contributed by atoms with van der Waals surface area (Å²) < 4.78 is 0. The lowest BCUT2D eigenvalue weighted by atomic mass is 10.0. The van der Waals surface area contributed by atoms with Gasteiger partial charge in [0.15, 0.2) is 0 Å². The van der Waals surface area contributed by atoms with Gasteiger partial charge in [0.25, 0.3) is 0 Å². The molecule has 0 saturated heterocycles. The number of hydrogen-bond acceptors (Lipinski definition) is 2. The Morgan fingerprint density at radius 1 is 1.12 bits per heavy atom. The fourth-order valence-corrected chi connectivity index (χ4v) is 3.31. The van der Waals surface area contributed by atoms with Crippen LogP contribution in [-0.2, 0) is 11.3 Å². The average Bonchev–Trinajstić information content (AvgIpc) is 2.97. The summed E-state index contributed by atoms with van der Waals surface area (Å²) in [5, 5.41) is 14.7. The number of halogens is 2. The maximum Gasteiger partial charge on any atom is 0.305 e. The number of rotatable bonds is 6. The van der Waals surface area contributed by atoms with E-state index in [4.69, 9.17) is 23.2 Å². The van der Waals surface area contributed by atoms with E-state index in [9.17, 15) is 9.90 Å². The van der Waals surface area contributed by atoms with Gasteiger partial charge in [-0.25, -0.2) is 0 Å². The van der Waals surface area contributed by atoms with Crippen molar-refractivity contribution in [1.82, 2.24) is 10.3 Å². The van der Waals surface area contributed by atoms with Gasteiger partial charge in [0, 0.05) is 45.3 Å². The molecule has 4 nitrogen and oxygen atoms in total. The fraction of sp³-hybridized carbons (Fsp3) is 0.167. The molecule has 24 heavy (non-hydrogen) atoms. The van der Waals surface area contributed by atoms with Crippen molar-refractivity contribution in [3.05, 3.63) is 69.8 Å². The molecule has 124 valence electrons. The van der Waals surface area contributed by atoms with Crippen LogP contribution in [0.5, 0.6) is 0 Å². The predicted molar refractivity (Wildman–Crippen MR) is 96.6 cm³/mol. The van der Waals surface area contributed by atoms with Crippen LogP contribution in [0, 0.1) is 0 Å². The van der Waals surface area contributed by atoms with Gasteiger partial charge in [-0.05, 0) is 23.8 Å². The first kappa shape index (κ1) is 16.8. The van der Waals surface area contributed by atoms with Crippen molar-refractivity contribution < 1.29 is 9.90 Å². The number of aliphatic carboxylic acids is 1. The van der Waals surface area contributed by atoms with Crippen LogP contribution < -0.4 is 5.32 Å². The average molecular weight is 363 g/mol. The first-order valence-electron chi connectivity index (χ1n) is 7.50. The number of carbonyl (C=O) groups is 1. The molecule has 0 spiro atoms. The smallest absolute Gasteiger partial charge is 0.305 e. The SMILES string of the molecule is O=C(O)CC(NCc1c(Cl)cccc1Cl)c1c[nH]c2ccccc12. The number of benzene rings is 2.